The third-order valence-corrected chi connectivity index (χ3v) is 6.76. The molecule has 126 valence electrons. The minimum absolute atomic E-state index is 0.500. The summed E-state index contributed by atoms with van der Waals surface area (Å²) in [6.45, 7) is -0.500. The molecule has 1 aliphatic heterocycles. The molecular weight excluding hydrogens is 288 g/mol. The van der Waals surface area contributed by atoms with Crippen molar-refractivity contribution in [3.63, 3.8) is 0 Å². The van der Waals surface area contributed by atoms with E-state index in [4.69, 9.17) is 4.74 Å². The van der Waals surface area contributed by atoms with Gasteiger partial charge in [0.15, 0.2) is 0 Å². The molecular formula is C16H26O6. The zero-order chi connectivity index (χ0) is 15.7. The average Bonchev–Trinajstić information content (AvgIpc) is 2.47. The van der Waals surface area contributed by atoms with Crippen LogP contribution in [0.1, 0.15) is 38.5 Å². The Bertz CT molecular complexity index is 417. The van der Waals surface area contributed by atoms with Crippen LogP contribution in [0.3, 0.4) is 0 Å². The van der Waals surface area contributed by atoms with Crippen LogP contribution in [0.25, 0.3) is 0 Å². The zero-order valence-electron chi connectivity index (χ0n) is 12.6. The van der Waals surface area contributed by atoms with E-state index in [1.165, 1.54) is 19.3 Å². The second-order valence-corrected chi connectivity index (χ2v) is 8.16. The molecule has 0 amide bonds. The van der Waals surface area contributed by atoms with Crippen molar-refractivity contribution in [2.45, 2.75) is 68.7 Å². The second kappa shape index (κ2) is 4.88. The Balaban J connectivity index is 1.70. The van der Waals surface area contributed by atoms with Gasteiger partial charge in [-0.05, 0) is 56.3 Å². The number of rotatable bonds is 2. The largest absolute Gasteiger partial charge is 0.394 e. The Kier molecular flexibility index (Phi) is 3.39. The van der Waals surface area contributed by atoms with Gasteiger partial charge in [-0.25, -0.2) is 0 Å². The van der Waals surface area contributed by atoms with Gasteiger partial charge in [0.2, 0.25) is 5.79 Å². The quantitative estimate of drug-likeness (QED) is 0.464. The van der Waals surface area contributed by atoms with E-state index < -0.39 is 42.2 Å². The Hall–Kier alpha value is -0.240. The topological polar surface area (TPSA) is 110 Å². The normalized spacial score (nSPS) is 60.7. The van der Waals surface area contributed by atoms with Crippen LogP contribution in [0.2, 0.25) is 0 Å². The van der Waals surface area contributed by atoms with Crippen LogP contribution in [0, 0.1) is 23.2 Å². The maximum atomic E-state index is 11.2. The minimum atomic E-state index is -1.89. The zero-order valence-corrected chi connectivity index (χ0v) is 12.6. The molecule has 6 heteroatoms. The summed E-state index contributed by atoms with van der Waals surface area (Å²) in [6.07, 6.45) is 0.366. The number of aliphatic hydroxyl groups is 5. The summed E-state index contributed by atoms with van der Waals surface area (Å²) in [6, 6.07) is 0. The van der Waals surface area contributed by atoms with Crippen LogP contribution in [0.4, 0.5) is 0 Å². The lowest BCUT2D eigenvalue weighted by Crippen LogP contribution is -2.73. The van der Waals surface area contributed by atoms with Gasteiger partial charge in [0, 0.05) is 5.41 Å². The van der Waals surface area contributed by atoms with Crippen LogP contribution >= 0.6 is 0 Å². The van der Waals surface area contributed by atoms with Crippen molar-refractivity contribution >= 4 is 0 Å². The smallest absolute Gasteiger partial charge is 0.200 e. The van der Waals surface area contributed by atoms with Crippen molar-refractivity contribution in [2.24, 2.45) is 23.2 Å². The molecule has 22 heavy (non-hydrogen) atoms. The molecule has 5 rings (SSSR count). The molecule has 1 saturated heterocycles. The molecule has 6 nitrogen and oxygen atoms in total. The van der Waals surface area contributed by atoms with E-state index in [0.717, 1.165) is 19.3 Å². The van der Waals surface area contributed by atoms with Gasteiger partial charge in [0.1, 0.15) is 24.4 Å². The molecule has 1 heterocycles. The van der Waals surface area contributed by atoms with Crippen molar-refractivity contribution in [2.75, 3.05) is 6.61 Å². The summed E-state index contributed by atoms with van der Waals surface area (Å²) in [5, 5.41) is 51.2. The van der Waals surface area contributed by atoms with E-state index in [2.05, 4.69) is 0 Å². The fourth-order valence-corrected chi connectivity index (χ4v) is 6.14. The van der Waals surface area contributed by atoms with Gasteiger partial charge in [-0.2, -0.15) is 0 Å². The fraction of sp³-hybridized carbons (Fsp3) is 1.00. The van der Waals surface area contributed by atoms with E-state index in [1.807, 2.05) is 0 Å². The lowest BCUT2D eigenvalue weighted by atomic mass is 9.46. The highest BCUT2D eigenvalue weighted by Crippen LogP contribution is 2.65. The molecule has 0 spiro atoms. The van der Waals surface area contributed by atoms with E-state index in [-0.39, 0.29) is 0 Å². The third-order valence-electron chi connectivity index (χ3n) is 6.76. The van der Waals surface area contributed by atoms with Crippen molar-refractivity contribution in [1.29, 1.82) is 0 Å². The van der Waals surface area contributed by atoms with Gasteiger partial charge in [-0.15, -0.1) is 0 Å². The van der Waals surface area contributed by atoms with Gasteiger partial charge in [-0.3, -0.25) is 0 Å². The predicted octanol–water partition coefficient (Wildman–Crippen LogP) is -0.635. The van der Waals surface area contributed by atoms with Crippen LogP contribution in [-0.4, -0.2) is 62.3 Å². The Morgan fingerprint density at radius 2 is 1.36 bits per heavy atom. The van der Waals surface area contributed by atoms with E-state index in [1.54, 1.807) is 0 Å². The first-order valence-electron chi connectivity index (χ1n) is 8.44. The maximum absolute atomic E-state index is 11.2. The highest BCUT2D eigenvalue weighted by molar-refractivity contribution is 5.12. The number of aliphatic hydroxyl groups excluding tert-OH is 4. The Labute approximate surface area is 129 Å². The molecule has 0 aromatic carbocycles. The Morgan fingerprint density at radius 3 is 1.82 bits per heavy atom. The number of hydrogen-bond donors (Lipinski definition) is 5. The highest BCUT2D eigenvalue weighted by atomic mass is 16.7. The first-order valence-corrected chi connectivity index (χ1v) is 8.44. The molecule has 4 saturated carbocycles. The van der Waals surface area contributed by atoms with Crippen LogP contribution in [0.15, 0.2) is 0 Å². The molecule has 1 unspecified atom stereocenters. The van der Waals surface area contributed by atoms with Gasteiger partial charge < -0.3 is 30.3 Å². The van der Waals surface area contributed by atoms with Gasteiger partial charge in [0.25, 0.3) is 0 Å². The van der Waals surface area contributed by atoms with Gasteiger partial charge >= 0.3 is 0 Å². The lowest BCUT2D eigenvalue weighted by Gasteiger charge is -2.64. The second-order valence-electron chi connectivity index (χ2n) is 8.16. The molecule has 5 aliphatic rings. The molecule has 4 bridgehead atoms. The predicted molar refractivity (Wildman–Crippen MR) is 75.5 cm³/mol. The SMILES string of the molecule is OC[C@H]1OC(O)(C23CC4CC(CC(C4)C2)C3)[C@H](O)[C@@H](O)[C@@H]1O. The average molecular weight is 314 g/mol. The number of hydrogen-bond acceptors (Lipinski definition) is 6. The number of ether oxygens (including phenoxy) is 1. The summed E-state index contributed by atoms with van der Waals surface area (Å²) >= 11 is 0. The molecule has 4 aliphatic carbocycles. The fourth-order valence-electron chi connectivity index (χ4n) is 6.14. The molecule has 5 atom stereocenters. The summed E-state index contributed by atoms with van der Waals surface area (Å²) in [4.78, 5) is 0. The van der Waals surface area contributed by atoms with E-state index in [0.29, 0.717) is 17.8 Å². The molecule has 0 radical (unpaired) electrons. The molecule has 5 fully saturated rings. The maximum Gasteiger partial charge on any atom is 0.200 e. The first kappa shape index (κ1) is 15.3. The Morgan fingerprint density at radius 1 is 0.864 bits per heavy atom. The lowest BCUT2D eigenvalue weighted by molar-refractivity contribution is -0.405. The summed E-state index contributed by atoms with van der Waals surface area (Å²) in [5.41, 5.74) is -0.574. The summed E-state index contributed by atoms with van der Waals surface area (Å²) in [7, 11) is 0. The van der Waals surface area contributed by atoms with Crippen molar-refractivity contribution in [3.8, 4) is 0 Å². The van der Waals surface area contributed by atoms with Crippen molar-refractivity contribution in [3.05, 3.63) is 0 Å². The summed E-state index contributed by atoms with van der Waals surface area (Å²) < 4.78 is 5.65. The standard InChI is InChI=1S/C16H26O6/c17-7-11-12(18)13(19)14(20)16(21,22-11)15-4-8-1-9(5-15)3-10(2-8)6-15/h8-14,17-21H,1-7H2/t8?,9?,10?,11-,12-,13+,14-,15?,16?/m1/s1. The first-order chi connectivity index (χ1) is 10.4. The van der Waals surface area contributed by atoms with Crippen LogP contribution < -0.4 is 0 Å². The molecule has 0 aromatic heterocycles. The van der Waals surface area contributed by atoms with E-state index in [9.17, 15) is 25.5 Å². The van der Waals surface area contributed by atoms with Gasteiger partial charge in [-0.1, -0.05) is 0 Å². The molecule has 0 aromatic rings. The van der Waals surface area contributed by atoms with Crippen LogP contribution in [-0.2, 0) is 4.74 Å². The van der Waals surface area contributed by atoms with Crippen molar-refractivity contribution < 1.29 is 30.3 Å². The van der Waals surface area contributed by atoms with Crippen molar-refractivity contribution in [1.82, 2.24) is 0 Å². The van der Waals surface area contributed by atoms with Gasteiger partial charge in [0.05, 0.1) is 6.61 Å². The van der Waals surface area contributed by atoms with Crippen LogP contribution in [0.5, 0.6) is 0 Å². The third kappa shape index (κ3) is 1.88. The monoisotopic (exact) mass is 314 g/mol. The minimum Gasteiger partial charge on any atom is -0.394 e. The summed E-state index contributed by atoms with van der Waals surface area (Å²) in [5.74, 6) is -0.261. The molecule has 5 N–H and O–H groups in total. The van der Waals surface area contributed by atoms with E-state index >= 15 is 0 Å². The highest BCUT2D eigenvalue weighted by Gasteiger charge is 2.67.